The summed E-state index contributed by atoms with van der Waals surface area (Å²) in [5.74, 6) is 0.622. The number of hydrogen-bond acceptors (Lipinski definition) is 11. The summed E-state index contributed by atoms with van der Waals surface area (Å²) in [4.78, 5) is 26.3. The van der Waals surface area contributed by atoms with E-state index >= 15 is 0 Å². The molecule has 0 amide bonds. The molecule has 0 atom stereocenters. The molecule has 2 heterocycles. The van der Waals surface area contributed by atoms with Crippen LogP contribution < -0.4 is 10.9 Å². The zero-order valence-electron chi connectivity index (χ0n) is 13.4. The van der Waals surface area contributed by atoms with E-state index in [1.165, 1.54) is 0 Å². The highest BCUT2D eigenvalue weighted by Gasteiger charge is 2.22. The summed E-state index contributed by atoms with van der Waals surface area (Å²) < 4.78 is 28.6. The molecule has 136 valence electrons. The Morgan fingerprint density at radius 2 is 2.08 bits per heavy atom. The summed E-state index contributed by atoms with van der Waals surface area (Å²) in [5.41, 5.74) is -1.26. The molecule has 26 heavy (non-hydrogen) atoms. The van der Waals surface area contributed by atoms with Crippen LogP contribution in [0.1, 0.15) is 11.8 Å². The van der Waals surface area contributed by atoms with Crippen LogP contribution in [0.3, 0.4) is 0 Å². The lowest BCUT2D eigenvalue weighted by Crippen LogP contribution is -2.11. The number of nitrogens with one attached hydrogen (secondary N) is 1. The van der Waals surface area contributed by atoms with E-state index in [0.29, 0.717) is 5.89 Å². The van der Waals surface area contributed by atoms with Crippen molar-refractivity contribution in [2.45, 2.75) is 18.4 Å². The number of nitrogens with zero attached hydrogens (tertiary/aromatic N) is 4. The number of nitro benzene ring substituents is 1. The number of nitro groups is 1. The molecule has 0 aliphatic heterocycles. The van der Waals surface area contributed by atoms with Gasteiger partial charge in [0, 0.05) is 19.2 Å². The van der Waals surface area contributed by atoms with Gasteiger partial charge in [-0.2, -0.15) is 4.98 Å². The molecule has 0 aliphatic rings. The van der Waals surface area contributed by atoms with E-state index in [1.54, 1.807) is 6.92 Å². The maximum atomic E-state index is 12.3. The van der Waals surface area contributed by atoms with Crippen molar-refractivity contribution in [3.8, 4) is 0 Å². The van der Waals surface area contributed by atoms with Gasteiger partial charge in [0.1, 0.15) is 4.70 Å². The van der Waals surface area contributed by atoms with Crippen LogP contribution in [0, 0.1) is 17.0 Å². The highest BCUT2D eigenvalue weighted by Crippen LogP contribution is 2.32. The molecule has 0 saturated carbocycles. The molecule has 0 unspecified atom stereocenters. The zero-order chi connectivity index (χ0) is 19.1. The fourth-order valence-electron chi connectivity index (χ4n) is 2.11. The number of non-ortho nitro benzene ring substituents is 1. The van der Waals surface area contributed by atoms with Gasteiger partial charge in [-0.25, -0.2) is 8.42 Å². The first-order valence-electron chi connectivity index (χ1n) is 7.01. The van der Waals surface area contributed by atoms with E-state index in [1.807, 2.05) is 0 Å². The summed E-state index contributed by atoms with van der Waals surface area (Å²) in [5, 5.41) is 21.5. The lowest BCUT2D eigenvalue weighted by atomic mass is 10.2. The lowest BCUT2D eigenvalue weighted by Gasteiger charge is -2.05. The maximum Gasteiger partial charge on any atom is 0.288 e. The first kappa shape index (κ1) is 17.9. The number of aromatic nitrogens is 3. The van der Waals surface area contributed by atoms with Crippen LogP contribution in [-0.2, 0) is 16.4 Å². The topological polar surface area (TPSA) is 158 Å². The molecular weight excluding hydrogens is 386 g/mol. The van der Waals surface area contributed by atoms with Crippen molar-refractivity contribution < 1.29 is 17.8 Å². The molecule has 0 aliphatic carbocycles. The molecule has 0 spiro atoms. The zero-order valence-corrected chi connectivity index (χ0v) is 15.0. The quantitative estimate of drug-likeness (QED) is 0.491. The number of anilines is 1. The van der Waals surface area contributed by atoms with E-state index in [9.17, 15) is 23.3 Å². The van der Waals surface area contributed by atoms with Gasteiger partial charge in [0.25, 0.3) is 11.2 Å². The van der Waals surface area contributed by atoms with Crippen LogP contribution in [0.5, 0.6) is 0 Å². The Hall–Kier alpha value is -2.93. The molecule has 0 saturated heterocycles. The predicted molar refractivity (Wildman–Crippen MR) is 92.0 cm³/mol. The Morgan fingerprint density at radius 1 is 1.35 bits per heavy atom. The Bertz CT molecular complexity index is 1180. The number of fused-ring (bicyclic) bond motifs is 1. The van der Waals surface area contributed by atoms with Crippen LogP contribution in [0.15, 0.2) is 26.2 Å². The largest absolute Gasteiger partial charge is 0.424 e. The first-order valence-corrected chi connectivity index (χ1v) is 9.72. The second-order valence-electron chi connectivity index (χ2n) is 5.24. The van der Waals surface area contributed by atoms with E-state index in [-0.39, 0.29) is 32.5 Å². The fraction of sp³-hybridized carbons (Fsp3) is 0.231. The molecule has 1 aromatic carbocycles. The number of rotatable bonds is 5. The fourth-order valence-corrected chi connectivity index (χ4v) is 3.73. The van der Waals surface area contributed by atoms with Gasteiger partial charge in [-0.05, 0) is 6.07 Å². The SMILES string of the molecule is Cc1nnc(CNc2nc(=O)c3cc(S(C)(=O)=O)cc([N+](=O)[O-])c3s2)o1. The Balaban J connectivity index is 2.10. The second-order valence-corrected chi connectivity index (χ2v) is 8.26. The van der Waals surface area contributed by atoms with Gasteiger partial charge in [-0.1, -0.05) is 11.3 Å². The van der Waals surface area contributed by atoms with Gasteiger partial charge in [0.15, 0.2) is 15.0 Å². The van der Waals surface area contributed by atoms with E-state index in [2.05, 4.69) is 20.5 Å². The van der Waals surface area contributed by atoms with Crippen molar-refractivity contribution in [1.29, 1.82) is 0 Å². The van der Waals surface area contributed by atoms with Crippen molar-refractivity contribution in [3.05, 3.63) is 44.4 Å². The Morgan fingerprint density at radius 3 is 2.65 bits per heavy atom. The van der Waals surface area contributed by atoms with Gasteiger partial charge >= 0.3 is 0 Å². The highest BCUT2D eigenvalue weighted by atomic mass is 32.2. The molecule has 11 nitrogen and oxygen atoms in total. The standard InChI is InChI=1S/C13H11N5O6S2/c1-6-16-17-10(24-6)5-14-13-15-12(19)8-3-7(26(2,22)23)4-9(18(20)21)11(8)25-13/h3-4H,5H2,1-2H3,(H,14,15,19). The summed E-state index contributed by atoms with van der Waals surface area (Å²) in [6, 6.07) is 2.02. The molecular formula is C13H11N5O6S2. The van der Waals surface area contributed by atoms with E-state index < -0.39 is 26.0 Å². The molecule has 0 fully saturated rings. The van der Waals surface area contributed by atoms with Gasteiger partial charge in [-0.3, -0.25) is 14.9 Å². The van der Waals surface area contributed by atoms with Crippen LogP contribution in [0.2, 0.25) is 0 Å². The highest BCUT2D eigenvalue weighted by molar-refractivity contribution is 7.90. The summed E-state index contributed by atoms with van der Waals surface area (Å²) in [6.45, 7) is 1.69. The van der Waals surface area contributed by atoms with E-state index in [4.69, 9.17) is 4.42 Å². The van der Waals surface area contributed by atoms with Crippen molar-refractivity contribution in [2.75, 3.05) is 11.6 Å². The minimum absolute atomic E-state index is 0.0200. The van der Waals surface area contributed by atoms with Gasteiger partial charge in [-0.15, -0.1) is 10.2 Å². The number of aryl methyl sites for hydroxylation is 1. The number of hydrogen-bond donors (Lipinski definition) is 1. The lowest BCUT2D eigenvalue weighted by molar-refractivity contribution is -0.383. The summed E-state index contributed by atoms with van der Waals surface area (Å²) >= 11 is 0.853. The minimum Gasteiger partial charge on any atom is -0.424 e. The van der Waals surface area contributed by atoms with E-state index in [0.717, 1.165) is 29.7 Å². The van der Waals surface area contributed by atoms with Crippen LogP contribution in [-0.4, -0.2) is 34.8 Å². The Labute approximate surface area is 149 Å². The third-order valence-corrected chi connectivity index (χ3v) is 5.41. The number of sulfone groups is 1. The monoisotopic (exact) mass is 397 g/mol. The first-order chi connectivity index (χ1) is 12.1. The normalized spacial score (nSPS) is 11.6. The molecule has 3 rings (SSSR count). The molecule has 1 N–H and O–H groups in total. The third-order valence-electron chi connectivity index (χ3n) is 3.26. The Kier molecular flexibility index (Phi) is 4.41. The molecule has 13 heteroatoms. The average molecular weight is 397 g/mol. The van der Waals surface area contributed by atoms with Crippen molar-refractivity contribution in [2.24, 2.45) is 0 Å². The van der Waals surface area contributed by atoms with Crippen molar-refractivity contribution >= 4 is 42.1 Å². The minimum atomic E-state index is -3.73. The van der Waals surface area contributed by atoms with Crippen LogP contribution in [0.4, 0.5) is 10.8 Å². The number of benzene rings is 1. The van der Waals surface area contributed by atoms with Gasteiger partial charge in [0.05, 0.1) is 21.7 Å². The third kappa shape index (κ3) is 3.52. The summed E-state index contributed by atoms with van der Waals surface area (Å²) in [6.07, 6.45) is 0.904. The predicted octanol–water partition coefficient (Wildman–Crippen LogP) is 1.27. The summed E-state index contributed by atoms with van der Waals surface area (Å²) in [7, 11) is -3.73. The van der Waals surface area contributed by atoms with Crippen molar-refractivity contribution in [3.63, 3.8) is 0 Å². The smallest absolute Gasteiger partial charge is 0.288 e. The average Bonchev–Trinajstić information content (AvgIpc) is 2.96. The molecule has 0 bridgehead atoms. The molecule has 0 radical (unpaired) electrons. The van der Waals surface area contributed by atoms with Gasteiger partial charge < -0.3 is 9.73 Å². The molecule has 3 aromatic rings. The van der Waals surface area contributed by atoms with Crippen LogP contribution in [0.25, 0.3) is 10.1 Å². The van der Waals surface area contributed by atoms with Gasteiger partial charge in [0.2, 0.25) is 11.8 Å². The second kappa shape index (κ2) is 6.42. The van der Waals surface area contributed by atoms with Crippen molar-refractivity contribution in [1.82, 2.24) is 15.2 Å². The maximum absolute atomic E-state index is 12.3. The van der Waals surface area contributed by atoms with Crippen LogP contribution >= 0.6 is 11.3 Å². The molecule has 2 aromatic heterocycles.